The number of thioether (sulfide) groups is 1. The predicted molar refractivity (Wildman–Crippen MR) is 92.5 cm³/mol. The monoisotopic (exact) mass is 328 g/mol. The average Bonchev–Trinajstić information content (AvgIpc) is 2.47. The fourth-order valence-electron chi connectivity index (χ4n) is 2.87. The summed E-state index contributed by atoms with van der Waals surface area (Å²) >= 11 is 1.67. The largest absolute Gasteiger partial charge is 0.334 e. The van der Waals surface area contributed by atoms with Crippen molar-refractivity contribution in [3.63, 3.8) is 0 Å². The van der Waals surface area contributed by atoms with E-state index in [-0.39, 0.29) is 30.4 Å². The highest BCUT2D eigenvalue weighted by molar-refractivity contribution is 7.98. The van der Waals surface area contributed by atoms with E-state index in [1.807, 2.05) is 37.1 Å². The molecule has 118 valence electrons. The van der Waals surface area contributed by atoms with Crippen LogP contribution in [0.15, 0.2) is 23.1 Å². The third-order valence-corrected chi connectivity index (χ3v) is 4.82. The molecule has 1 aliphatic heterocycles. The van der Waals surface area contributed by atoms with Gasteiger partial charge >= 0.3 is 0 Å². The molecular formula is C16H25ClN2OS. The predicted octanol–water partition coefficient (Wildman–Crippen LogP) is 3.48. The lowest BCUT2D eigenvalue weighted by molar-refractivity contribution is 0.0583. The Morgan fingerprint density at radius 3 is 2.76 bits per heavy atom. The van der Waals surface area contributed by atoms with Gasteiger partial charge in [-0.15, -0.1) is 24.2 Å². The molecule has 1 amide bonds. The van der Waals surface area contributed by atoms with E-state index in [1.165, 1.54) is 6.42 Å². The molecular weight excluding hydrogens is 304 g/mol. The summed E-state index contributed by atoms with van der Waals surface area (Å²) in [6.07, 6.45) is 5.30. The number of carbonyl (C=O) groups excluding carboxylic acids is 1. The highest BCUT2D eigenvalue weighted by Crippen LogP contribution is 2.25. The van der Waals surface area contributed by atoms with E-state index < -0.39 is 0 Å². The molecule has 2 rings (SSSR count). The van der Waals surface area contributed by atoms with Gasteiger partial charge in [-0.3, -0.25) is 4.79 Å². The fraction of sp³-hybridized carbons (Fsp3) is 0.562. The number of benzene rings is 1. The Bertz CT molecular complexity index is 493. The van der Waals surface area contributed by atoms with Gasteiger partial charge in [0.25, 0.3) is 5.91 Å². The maximum absolute atomic E-state index is 12.9. The molecule has 1 aliphatic rings. The molecule has 2 unspecified atom stereocenters. The number of hydrogen-bond acceptors (Lipinski definition) is 3. The SMILES string of the molecule is CSc1ccc(C)c(C(=O)N2CCCCC2C(C)N)c1.Cl. The van der Waals surface area contributed by atoms with Crippen LogP contribution in [0.2, 0.25) is 0 Å². The van der Waals surface area contributed by atoms with E-state index in [0.717, 1.165) is 35.4 Å². The second-order valence-corrected chi connectivity index (χ2v) is 6.48. The van der Waals surface area contributed by atoms with E-state index in [0.29, 0.717) is 0 Å². The molecule has 0 aliphatic carbocycles. The van der Waals surface area contributed by atoms with Crippen molar-refractivity contribution in [1.29, 1.82) is 0 Å². The molecule has 0 saturated carbocycles. The van der Waals surface area contributed by atoms with Gasteiger partial charge in [-0.1, -0.05) is 6.07 Å². The summed E-state index contributed by atoms with van der Waals surface area (Å²) in [7, 11) is 0. The first-order chi connectivity index (χ1) is 9.54. The van der Waals surface area contributed by atoms with Gasteiger partial charge in [0.15, 0.2) is 0 Å². The number of likely N-dealkylation sites (tertiary alicyclic amines) is 1. The van der Waals surface area contributed by atoms with Crippen LogP contribution in [0.5, 0.6) is 0 Å². The van der Waals surface area contributed by atoms with Crippen LogP contribution in [0, 0.1) is 6.92 Å². The smallest absolute Gasteiger partial charge is 0.254 e. The highest BCUT2D eigenvalue weighted by Gasteiger charge is 2.30. The Balaban J connectivity index is 0.00000220. The standard InChI is InChI=1S/C16H24N2OS.ClH/c1-11-7-8-13(20-3)10-14(11)16(19)18-9-5-4-6-15(18)12(2)17;/h7-8,10,12,15H,4-6,9,17H2,1-3H3;1H. The lowest BCUT2D eigenvalue weighted by atomic mass is 9.95. The van der Waals surface area contributed by atoms with Crippen LogP contribution in [-0.4, -0.2) is 35.7 Å². The minimum atomic E-state index is 0. The van der Waals surface area contributed by atoms with Crippen LogP contribution in [0.25, 0.3) is 0 Å². The number of nitrogens with zero attached hydrogens (tertiary/aromatic N) is 1. The van der Waals surface area contributed by atoms with Crippen LogP contribution in [-0.2, 0) is 0 Å². The molecule has 1 fully saturated rings. The highest BCUT2D eigenvalue weighted by atomic mass is 35.5. The number of carbonyl (C=O) groups is 1. The first-order valence-corrected chi connectivity index (χ1v) is 8.48. The van der Waals surface area contributed by atoms with Gasteiger partial charge in [-0.25, -0.2) is 0 Å². The molecule has 3 nitrogen and oxygen atoms in total. The summed E-state index contributed by atoms with van der Waals surface area (Å²) in [5, 5.41) is 0. The Morgan fingerprint density at radius 1 is 1.43 bits per heavy atom. The Kier molecular flexibility index (Phi) is 7.04. The molecule has 2 N–H and O–H groups in total. The maximum Gasteiger partial charge on any atom is 0.254 e. The summed E-state index contributed by atoms with van der Waals surface area (Å²) < 4.78 is 0. The van der Waals surface area contributed by atoms with Gasteiger partial charge in [0.1, 0.15) is 0 Å². The van der Waals surface area contributed by atoms with E-state index in [9.17, 15) is 4.79 Å². The zero-order valence-corrected chi connectivity index (χ0v) is 14.6. The quantitative estimate of drug-likeness (QED) is 0.864. The van der Waals surface area contributed by atoms with Crippen LogP contribution in [0.3, 0.4) is 0 Å². The average molecular weight is 329 g/mol. The number of piperidine rings is 1. The van der Waals surface area contributed by atoms with Gasteiger partial charge in [0.05, 0.1) is 0 Å². The summed E-state index contributed by atoms with van der Waals surface area (Å²) in [5.74, 6) is 0.139. The maximum atomic E-state index is 12.9. The fourth-order valence-corrected chi connectivity index (χ4v) is 3.31. The van der Waals surface area contributed by atoms with Crippen molar-refractivity contribution < 1.29 is 4.79 Å². The third-order valence-electron chi connectivity index (χ3n) is 4.09. The molecule has 1 aromatic rings. The first kappa shape index (κ1) is 18.3. The molecule has 1 heterocycles. The van der Waals surface area contributed by atoms with Crippen molar-refractivity contribution in [2.24, 2.45) is 5.73 Å². The van der Waals surface area contributed by atoms with E-state index >= 15 is 0 Å². The van der Waals surface area contributed by atoms with Crippen molar-refractivity contribution in [1.82, 2.24) is 4.90 Å². The summed E-state index contributed by atoms with van der Waals surface area (Å²) in [6.45, 7) is 4.83. The summed E-state index contributed by atoms with van der Waals surface area (Å²) in [4.78, 5) is 16.0. The zero-order chi connectivity index (χ0) is 14.7. The van der Waals surface area contributed by atoms with Crippen molar-refractivity contribution in [3.8, 4) is 0 Å². The molecule has 0 aromatic heterocycles. The van der Waals surface area contributed by atoms with E-state index in [1.54, 1.807) is 11.8 Å². The molecule has 0 bridgehead atoms. The van der Waals surface area contributed by atoms with Gasteiger partial charge in [0, 0.05) is 29.1 Å². The molecule has 21 heavy (non-hydrogen) atoms. The topological polar surface area (TPSA) is 46.3 Å². The summed E-state index contributed by atoms with van der Waals surface area (Å²) in [6, 6.07) is 6.31. The number of nitrogens with two attached hydrogens (primary N) is 1. The minimum absolute atomic E-state index is 0. The molecule has 0 radical (unpaired) electrons. The first-order valence-electron chi connectivity index (χ1n) is 7.25. The van der Waals surface area contributed by atoms with Crippen molar-refractivity contribution in [3.05, 3.63) is 29.3 Å². The number of hydrogen-bond donors (Lipinski definition) is 1. The number of aryl methyl sites for hydroxylation is 1. The van der Waals surface area contributed by atoms with Crippen LogP contribution >= 0.6 is 24.2 Å². The minimum Gasteiger partial charge on any atom is -0.334 e. The van der Waals surface area contributed by atoms with Crippen LogP contribution in [0.4, 0.5) is 0 Å². The van der Waals surface area contributed by atoms with Gasteiger partial charge in [0.2, 0.25) is 0 Å². The molecule has 1 aromatic carbocycles. The molecule has 2 atom stereocenters. The lowest BCUT2D eigenvalue weighted by Gasteiger charge is -2.38. The van der Waals surface area contributed by atoms with Gasteiger partial charge in [-0.2, -0.15) is 0 Å². The van der Waals surface area contributed by atoms with Gasteiger partial charge < -0.3 is 10.6 Å². The number of amides is 1. The zero-order valence-electron chi connectivity index (χ0n) is 13.0. The Morgan fingerprint density at radius 2 is 2.14 bits per heavy atom. The third kappa shape index (κ3) is 4.15. The second kappa shape index (κ2) is 8.06. The number of halogens is 1. The van der Waals surface area contributed by atoms with Gasteiger partial charge in [-0.05, 0) is 57.1 Å². The normalized spacial score (nSPS) is 19.8. The van der Waals surface area contributed by atoms with Crippen molar-refractivity contribution >= 4 is 30.1 Å². The molecule has 1 saturated heterocycles. The molecule has 5 heteroatoms. The summed E-state index contributed by atoms with van der Waals surface area (Å²) in [5.41, 5.74) is 7.94. The van der Waals surface area contributed by atoms with Crippen LogP contribution in [0.1, 0.15) is 42.1 Å². The van der Waals surface area contributed by atoms with E-state index in [4.69, 9.17) is 5.73 Å². The second-order valence-electron chi connectivity index (χ2n) is 5.60. The Labute approximate surface area is 138 Å². The molecule has 0 spiro atoms. The van der Waals surface area contributed by atoms with E-state index in [2.05, 4.69) is 6.07 Å². The van der Waals surface area contributed by atoms with Crippen LogP contribution < -0.4 is 5.73 Å². The Hall–Kier alpha value is -0.710. The number of rotatable bonds is 3. The lowest BCUT2D eigenvalue weighted by Crippen LogP contribution is -2.51. The van der Waals surface area contributed by atoms with Crippen molar-refractivity contribution in [2.75, 3.05) is 12.8 Å². The van der Waals surface area contributed by atoms with Crippen molar-refractivity contribution in [2.45, 2.75) is 50.1 Å².